The molecule has 0 spiro atoms. The van der Waals surface area contributed by atoms with Crippen molar-refractivity contribution in [1.29, 1.82) is 0 Å². The van der Waals surface area contributed by atoms with E-state index in [1.807, 2.05) is 0 Å². The van der Waals surface area contributed by atoms with E-state index < -0.39 is 27.1 Å². The number of hydrogen-bond donors (Lipinski definition) is 1. The van der Waals surface area contributed by atoms with Crippen LogP contribution < -0.4 is 5.32 Å². The Labute approximate surface area is 223 Å². The molecule has 12 heteroatoms. The number of carbonyl (C=O) groups excluding carboxylic acids is 3. The first kappa shape index (κ1) is 26.7. The number of nitrogens with one attached hydrogen (secondary N) is 1. The van der Waals surface area contributed by atoms with Crippen molar-refractivity contribution in [3.63, 3.8) is 0 Å². The summed E-state index contributed by atoms with van der Waals surface area (Å²) in [6.45, 7) is 0.783. The molecule has 2 saturated heterocycles. The zero-order chi connectivity index (χ0) is 25.9. The summed E-state index contributed by atoms with van der Waals surface area (Å²) in [5.41, 5.74) is 0.735. The van der Waals surface area contributed by atoms with Gasteiger partial charge in [0.05, 0.1) is 9.93 Å². The van der Waals surface area contributed by atoms with Gasteiger partial charge >= 0.3 is 0 Å². The van der Waals surface area contributed by atoms with E-state index in [-0.39, 0.29) is 33.5 Å². The Kier molecular flexibility index (Phi) is 8.41. The smallest absolute Gasteiger partial charge is 0.293 e. The van der Waals surface area contributed by atoms with Crippen molar-refractivity contribution in [2.45, 2.75) is 24.2 Å². The van der Waals surface area contributed by atoms with Crippen molar-refractivity contribution >= 4 is 68.1 Å². The Bertz CT molecular complexity index is 1340. The molecule has 2 heterocycles. The summed E-state index contributed by atoms with van der Waals surface area (Å²) in [6.07, 6.45) is 4.08. The molecule has 0 aromatic heterocycles. The third-order valence-corrected chi connectivity index (χ3v) is 9.44. The van der Waals surface area contributed by atoms with E-state index in [9.17, 15) is 22.8 Å². The molecule has 1 N–H and O–H groups in total. The lowest BCUT2D eigenvalue weighted by Gasteiger charge is -2.26. The molecular weight excluding hydrogens is 545 g/mol. The normalized spacial score (nSPS) is 18.2. The second-order valence-corrected chi connectivity index (χ2v) is 11.9. The number of hydrogen-bond acceptors (Lipinski definition) is 6. The predicted molar refractivity (Wildman–Crippen MR) is 141 cm³/mol. The molecule has 2 aromatic rings. The van der Waals surface area contributed by atoms with Gasteiger partial charge in [-0.15, -0.1) is 0 Å². The molecule has 0 aliphatic carbocycles. The summed E-state index contributed by atoms with van der Waals surface area (Å²) in [7, 11) is -3.83. The van der Waals surface area contributed by atoms with Gasteiger partial charge in [0.1, 0.15) is 4.90 Å². The van der Waals surface area contributed by atoms with E-state index in [4.69, 9.17) is 23.2 Å². The Morgan fingerprint density at radius 2 is 1.75 bits per heavy atom. The molecule has 36 heavy (non-hydrogen) atoms. The Balaban J connectivity index is 1.40. The van der Waals surface area contributed by atoms with Gasteiger partial charge < -0.3 is 5.32 Å². The molecule has 0 saturated carbocycles. The third-order valence-electron chi connectivity index (χ3n) is 5.81. The first-order valence-corrected chi connectivity index (χ1v) is 14.3. The van der Waals surface area contributed by atoms with Gasteiger partial charge in [-0.2, -0.15) is 4.31 Å². The second kappa shape index (κ2) is 11.4. The van der Waals surface area contributed by atoms with Crippen molar-refractivity contribution in [2.75, 3.05) is 26.2 Å². The van der Waals surface area contributed by atoms with Crippen molar-refractivity contribution in [3.05, 3.63) is 68.5 Å². The summed E-state index contributed by atoms with van der Waals surface area (Å²) in [5, 5.41) is 2.68. The molecule has 0 unspecified atom stereocenters. The average Bonchev–Trinajstić information content (AvgIpc) is 3.13. The molecule has 8 nitrogen and oxygen atoms in total. The second-order valence-electron chi connectivity index (χ2n) is 8.22. The summed E-state index contributed by atoms with van der Waals surface area (Å²) >= 11 is 13.1. The highest BCUT2D eigenvalue weighted by Crippen LogP contribution is 2.33. The first-order chi connectivity index (χ1) is 17.2. The number of carbonyl (C=O) groups is 3. The highest BCUT2D eigenvalue weighted by atomic mass is 35.5. The maximum absolute atomic E-state index is 13.0. The van der Waals surface area contributed by atoms with Gasteiger partial charge in [0.25, 0.3) is 17.1 Å². The van der Waals surface area contributed by atoms with Crippen LogP contribution in [0.15, 0.2) is 52.3 Å². The van der Waals surface area contributed by atoms with Crippen LogP contribution in [0.3, 0.4) is 0 Å². The number of benzene rings is 2. The van der Waals surface area contributed by atoms with E-state index in [0.29, 0.717) is 23.7 Å². The summed E-state index contributed by atoms with van der Waals surface area (Å²) in [6, 6.07) is 11.0. The van der Waals surface area contributed by atoms with Crippen LogP contribution in [0.25, 0.3) is 6.08 Å². The SMILES string of the molecule is O=C(NCCN1C(=O)SC(=Cc2ccccc2Cl)C1=O)c1ccc(Cl)c(S(=O)(=O)N2CCCCC2)c1. The minimum atomic E-state index is -3.83. The van der Waals surface area contributed by atoms with Crippen LogP contribution in [0, 0.1) is 0 Å². The Morgan fingerprint density at radius 3 is 2.47 bits per heavy atom. The van der Waals surface area contributed by atoms with Gasteiger partial charge in [-0.3, -0.25) is 19.3 Å². The van der Waals surface area contributed by atoms with Crippen LogP contribution in [-0.4, -0.2) is 60.9 Å². The third kappa shape index (κ3) is 5.78. The minimum absolute atomic E-state index is 0.00686. The van der Waals surface area contributed by atoms with Crippen LogP contribution in [0.1, 0.15) is 35.2 Å². The fraction of sp³-hybridized carbons (Fsp3) is 0.292. The van der Waals surface area contributed by atoms with Crippen molar-refractivity contribution < 1.29 is 22.8 Å². The zero-order valence-electron chi connectivity index (χ0n) is 19.1. The number of nitrogens with zero attached hydrogens (tertiary/aromatic N) is 2. The lowest BCUT2D eigenvalue weighted by atomic mass is 10.2. The van der Waals surface area contributed by atoms with E-state index in [1.54, 1.807) is 30.3 Å². The van der Waals surface area contributed by atoms with Crippen molar-refractivity contribution in [2.24, 2.45) is 0 Å². The van der Waals surface area contributed by atoms with Crippen LogP contribution in [-0.2, 0) is 14.8 Å². The number of piperidine rings is 1. The summed E-state index contributed by atoms with van der Waals surface area (Å²) in [5.74, 6) is -1.01. The van der Waals surface area contributed by atoms with Gasteiger partial charge in [-0.25, -0.2) is 8.42 Å². The zero-order valence-corrected chi connectivity index (χ0v) is 22.2. The van der Waals surface area contributed by atoms with Crippen molar-refractivity contribution in [1.82, 2.24) is 14.5 Å². The lowest BCUT2D eigenvalue weighted by Crippen LogP contribution is -2.37. The van der Waals surface area contributed by atoms with E-state index in [2.05, 4.69) is 5.32 Å². The van der Waals surface area contributed by atoms with Crippen LogP contribution in [0.4, 0.5) is 4.79 Å². The Hall–Kier alpha value is -2.37. The first-order valence-electron chi connectivity index (χ1n) is 11.3. The Morgan fingerprint density at radius 1 is 1.03 bits per heavy atom. The molecule has 0 bridgehead atoms. The number of imide groups is 1. The van der Waals surface area contributed by atoms with Gasteiger partial charge in [0.15, 0.2) is 0 Å². The summed E-state index contributed by atoms with van der Waals surface area (Å²) < 4.78 is 27.5. The van der Waals surface area contributed by atoms with Gasteiger partial charge in [0, 0.05) is 36.8 Å². The quantitative estimate of drug-likeness (QED) is 0.489. The van der Waals surface area contributed by atoms with Gasteiger partial charge in [-0.1, -0.05) is 47.8 Å². The topological polar surface area (TPSA) is 104 Å². The number of thioether (sulfide) groups is 1. The van der Waals surface area contributed by atoms with Crippen LogP contribution >= 0.6 is 35.0 Å². The minimum Gasteiger partial charge on any atom is -0.350 e. The highest BCUT2D eigenvalue weighted by Gasteiger charge is 2.35. The molecule has 0 radical (unpaired) electrons. The molecule has 190 valence electrons. The fourth-order valence-corrected chi connectivity index (χ4v) is 6.96. The number of rotatable bonds is 7. The molecular formula is C24H23Cl2N3O5S2. The lowest BCUT2D eigenvalue weighted by molar-refractivity contribution is -0.122. The molecule has 4 rings (SSSR count). The molecule has 2 aliphatic heterocycles. The molecule has 2 fully saturated rings. The molecule has 2 aromatic carbocycles. The molecule has 2 aliphatic rings. The summed E-state index contributed by atoms with van der Waals surface area (Å²) in [4.78, 5) is 38.9. The van der Waals surface area contributed by atoms with Crippen LogP contribution in [0.5, 0.6) is 0 Å². The van der Waals surface area contributed by atoms with Crippen LogP contribution in [0.2, 0.25) is 10.0 Å². The number of halogens is 2. The molecule has 0 atom stereocenters. The number of sulfonamides is 1. The average molecular weight is 569 g/mol. The monoisotopic (exact) mass is 567 g/mol. The molecule has 3 amide bonds. The number of amides is 3. The predicted octanol–water partition coefficient (Wildman–Crippen LogP) is 4.63. The maximum Gasteiger partial charge on any atom is 0.293 e. The van der Waals surface area contributed by atoms with Gasteiger partial charge in [-0.05, 0) is 60.5 Å². The maximum atomic E-state index is 13.0. The van der Waals surface area contributed by atoms with E-state index in [0.717, 1.165) is 35.9 Å². The van der Waals surface area contributed by atoms with Crippen molar-refractivity contribution in [3.8, 4) is 0 Å². The highest BCUT2D eigenvalue weighted by molar-refractivity contribution is 8.18. The fourth-order valence-electron chi connectivity index (χ4n) is 3.90. The van der Waals surface area contributed by atoms with E-state index in [1.165, 1.54) is 22.5 Å². The van der Waals surface area contributed by atoms with E-state index >= 15 is 0 Å². The largest absolute Gasteiger partial charge is 0.350 e. The van der Waals surface area contributed by atoms with Gasteiger partial charge in [0.2, 0.25) is 10.0 Å². The standard InChI is InChI=1S/C24H23Cl2N3O5S2/c25-18-7-3-2-6-16(18)14-20-23(31)29(24(32)35-20)13-10-27-22(30)17-8-9-19(26)21(15-17)36(33,34)28-11-4-1-5-12-28/h2-3,6-9,14-15H,1,4-5,10-13H2,(H,27,30).